The van der Waals surface area contributed by atoms with E-state index >= 15 is 0 Å². The molecule has 0 bridgehead atoms. The summed E-state index contributed by atoms with van der Waals surface area (Å²) in [5.74, 6) is -0.497. The van der Waals surface area contributed by atoms with Crippen LogP contribution in [0.5, 0.6) is 0 Å². The Balaban J connectivity index is 1.77. The van der Waals surface area contributed by atoms with Gasteiger partial charge in [0.15, 0.2) is 5.78 Å². The van der Waals surface area contributed by atoms with Crippen molar-refractivity contribution in [3.05, 3.63) is 99.5 Å². The average Bonchev–Trinajstić information content (AvgIpc) is 2.73. The van der Waals surface area contributed by atoms with Gasteiger partial charge in [0, 0.05) is 29.9 Å². The predicted octanol–water partition coefficient (Wildman–Crippen LogP) is 3.29. The number of carbonyl (C=O) groups is 2. The predicted molar refractivity (Wildman–Crippen MR) is 107 cm³/mol. The van der Waals surface area contributed by atoms with Gasteiger partial charge in [0.1, 0.15) is 5.56 Å². The minimum atomic E-state index is -0.472. The van der Waals surface area contributed by atoms with Crippen molar-refractivity contribution < 1.29 is 9.59 Å². The summed E-state index contributed by atoms with van der Waals surface area (Å²) < 4.78 is 1.52. The maximum absolute atomic E-state index is 13.2. The number of aromatic nitrogens is 1. The quantitative estimate of drug-likeness (QED) is 0.764. The third kappa shape index (κ3) is 3.39. The number of carbonyl (C=O) groups excluding carboxylic acids is 2. The van der Waals surface area contributed by atoms with E-state index in [9.17, 15) is 14.4 Å². The number of Topliss-reactive ketones (excluding diaryl/α,β-unsaturated/α-hetero) is 1. The molecule has 0 radical (unpaired) electrons. The number of ketones is 1. The van der Waals surface area contributed by atoms with Gasteiger partial charge < -0.3 is 5.32 Å². The van der Waals surface area contributed by atoms with Gasteiger partial charge in [0.2, 0.25) is 0 Å². The molecule has 4 rings (SSSR count). The van der Waals surface area contributed by atoms with Crippen LogP contribution in [0.2, 0.25) is 0 Å². The molecule has 5 nitrogen and oxygen atoms in total. The molecule has 1 amide bonds. The second kappa shape index (κ2) is 7.64. The molecule has 1 aliphatic carbocycles. The third-order valence-corrected chi connectivity index (χ3v) is 4.98. The van der Waals surface area contributed by atoms with Gasteiger partial charge in [-0.25, -0.2) is 0 Å². The first-order valence-corrected chi connectivity index (χ1v) is 9.35. The van der Waals surface area contributed by atoms with Gasteiger partial charge in [0.05, 0.1) is 0 Å². The fraction of sp³-hybridized carbons (Fsp3) is 0.174. The molecule has 0 spiro atoms. The van der Waals surface area contributed by atoms with Gasteiger partial charge in [-0.1, -0.05) is 48.5 Å². The summed E-state index contributed by atoms with van der Waals surface area (Å²) in [6.07, 6.45) is 1.78. The van der Waals surface area contributed by atoms with Crippen molar-refractivity contribution in [1.82, 2.24) is 9.88 Å². The van der Waals surface area contributed by atoms with Gasteiger partial charge in [-0.2, -0.15) is 0 Å². The van der Waals surface area contributed by atoms with Crippen LogP contribution in [0.3, 0.4) is 0 Å². The lowest BCUT2D eigenvalue weighted by Crippen LogP contribution is -2.35. The molecule has 140 valence electrons. The highest BCUT2D eigenvalue weighted by Gasteiger charge is 2.26. The van der Waals surface area contributed by atoms with Crippen molar-refractivity contribution in [3.63, 3.8) is 0 Å². The zero-order valence-corrected chi connectivity index (χ0v) is 15.4. The average molecular weight is 372 g/mol. The topological polar surface area (TPSA) is 68.2 Å². The second-order valence-electron chi connectivity index (χ2n) is 6.84. The maximum Gasteiger partial charge on any atom is 0.268 e. The van der Waals surface area contributed by atoms with E-state index in [4.69, 9.17) is 0 Å². The lowest BCUT2D eigenvalue weighted by Gasteiger charge is -2.21. The molecule has 0 saturated heterocycles. The Kier molecular flexibility index (Phi) is 4.89. The summed E-state index contributed by atoms with van der Waals surface area (Å²) in [5.41, 5.74) is 2.36. The monoisotopic (exact) mass is 372 g/mol. The van der Waals surface area contributed by atoms with Crippen molar-refractivity contribution in [2.45, 2.75) is 25.8 Å². The van der Waals surface area contributed by atoms with Crippen molar-refractivity contribution in [2.24, 2.45) is 0 Å². The normalized spacial score (nSPS) is 13.1. The lowest BCUT2D eigenvalue weighted by molar-refractivity contribution is 0.0949. The molecule has 1 heterocycles. The highest BCUT2D eigenvalue weighted by atomic mass is 16.2. The fourth-order valence-electron chi connectivity index (χ4n) is 3.58. The number of fused-ring (bicyclic) bond motifs is 1. The Morgan fingerprint density at radius 3 is 2.32 bits per heavy atom. The van der Waals surface area contributed by atoms with Crippen LogP contribution in [0.4, 0.5) is 0 Å². The minimum Gasteiger partial charge on any atom is -0.348 e. The first-order chi connectivity index (χ1) is 13.6. The Morgan fingerprint density at radius 1 is 0.929 bits per heavy atom. The van der Waals surface area contributed by atoms with Gasteiger partial charge in [-0.05, 0) is 36.6 Å². The molecular weight excluding hydrogens is 352 g/mol. The van der Waals surface area contributed by atoms with Gasteiger partial charge in [-0.3, -0.25) is 19.0 Å². The van der Waals surface area contributed by atoms with Crippen LogP contribution >= 0.6 is 0 Å². The van der Waals surface area contributed by atoms with Crippen molar-refractivity contribution in [2.75, 3.05) is 0 Å². The molecule has 0 atom stereocenters. The lowest BCUT2D eigenvalue weighted by atomic mass is 9.92. The number of rotatable bonds is 4. The van der Waals surface area contributed by atoms with E-state index in [1.807, 2.05) is 60.7 Å². The third-order valence-electron chi connectivity index (χ3n) is 4.98. The number of para-hydroxylation sites is 1. The minimum absolute atomic E-state index is 0.00576. The Morgan fingerprint density at radius 2 is 1.61 bits per heavy atom. The molecule has 1 N–H and O–H groups in total. The summed E-state index contributed by atoms with van der Waals surface area (Å²) in [6.45, 7) is 0.315. The highest BCUT2D eigenvalue weighted by molar-refractivity contribution is 6.01. The van der Waals surface area contributed by atoms with Crippen LogP contribution < -0.4 is 10.9 Å². The smallest absolute Gasteiger partial charge is 0.268 e. The Bertz CT molecular complexity index is 1090. The Labute approximate surface area is 162 Å². The van der Waals surface area contributed by atoms with E-state index in [2.05, 4.69) is 5.32 Å². The Hall–Kier alpha value is -3.47. The summed E-state index contributed by atoms with van der Waals surface area (Å²) >= 11 is 0. The standard InChI is InChI=1S/C23H20N2O3/c26-21-13-7-12-20-18(21)14-19(22(27)24-15-16-8-3-1-4-9-16)23(28)25(20)17-10-5-2-6-11-17/h1-6,8-11,14H,7,12-13,15H2,(H,24,27). The van der Waals surface area contributed by atoms with E-state index < -0.39 is 11.5 Å². The molecule has 0 unspecified atom stereocenters. The molecule has 2 aromatic carbocycles. The summed E-state index contributed by atoms with van der Waals surface area (Å²) in [5, 5.41) is 2.79. The van der Waals surface area contributed by atoms with Crippen molar-refractivity contribution in [1.29, 1.82) is 0 Å². The van der Waals surface area contributed by atoms with E-state index in [1.54, 1.807) is 0 Å². The van der Waals surface area contributed by atoms with Crippen LogP contribution in [-0.4, -0.2) is 16.3 Å². The van der Waals surface area contributed by atoms with Crippen LogP contribution in [0.15, 0.2) is 71.5 Å². The number of pyridine rings is 1. The fourth-order valence-corrected chi connectivity index (χ4v) is 3.58. The maximum atomic E-state index is 13.2. The summed E-state index contributed by atoms with van der Waals surface area (Å²) in [4.78, 5) is 38.5. The van der Waals surface area contributed by atoms with Crippen molar-refractivity contribution >= 4 is 11.7 Å². The highest BCUT2D eigenvalue weighted by Crippen LogP contribution is 2.23. The number of nitrogens with zero attached hydrogens (tertiary/aromatic N) is 1. The van der Waals surface area contributed by atoms with E-state index in [0.717, 1.165) is 5.56 Å². The molecule has 0 fully saturated rings. The zero-order chi connectivity index (χ0) is 19.5. The van der Waals surface area contributed by atoms with Crippen molar-refractivity contribution in [3.8, 4) is 5.69 Å². The zero-order valence-electron chi connectivity index (χ0n) is 15.4. The van der Waals surface area contributed by atoms with Crippen LogP contribution in [0.25, 0.3) is 5.69 Å². The molecule has 3 aromatic rings. The number of hydrogen-bond acceptors (Lipinski definition) is 3. The number of nitrogens with one attached hydrogen (secondary N) is 1. The number of hydrogen-bond donors (Lipinski definition) is 1. The number of amides is 1. The molecule has 0 aliphatic heterocycles. The van der Waals surface area contributed by atoms with Gasteiger partial charge in [0.25, 0.3) is 11.5 Å². The first kappa shape index (κ1) is 17.9. The molecule has 0 saturated carbocycles. The summed E-state index contributed by atoms with van der Waals surface area (Å²) in [6, 6.07) is 20.1. The molecule has 1 aromatic heterocycles. The largest absolute Gasteiger partial charge is 0.348 e. The first-order valence-electron chi connectivity index (χ1n) is 9.35. The molecule has 28 heavy (non-hydrogen) atoms. The number of benzene rings is 2. The van der Waals surface area contributed by atoms with E-state index in [0.29, 0.717) is 42.8 Å². The van der Waals surface area contributed by atoms with Gasteiger partial charge in [-0.15, -0.1) is 0 Å². The second-order valence-corrected chi connectivity index (χ2v) is 6.84. The van der Waals surface area contributed by atoms with Crippen LogP contribution in [0.1, 0.15) is 44.8 Å². The van der Waals surface area contributed by atoms with Crippen LogP contribution in [0, 0.1) is 0 Å². The van der Waals surface area contributed by atoms with E-state index in [1.165, 1.54) is 10.6 Å². The summed E-state index contributed by atoms with van der Waals surface area (Å²) in [7, 11) is 0. The SMILES string of the molecule is O=C1CCCc2c1cc(C(=O)NCc1ccccc1)c(=O)n2-c1ccccc1. The molecule has 1 aliphatic rings. The van der Waals surface area contributed by atoms with E-state index in [-0.39, 0.29) is 11.3 Å². The van der Waals surface area contributed by atoms with Gasteiger partial charge >= 0.3 is 0 Å². The molecular formula is C23H20N2O3. The molecule has 5 heteroatoms. The van der Waals surface area contributed by atoms with Crippen LogP contribution in [-0.2, 0) is 13.0 Å².